The average Bonchev–Trinajstić information content (AvgIpc) is 2.88. The van der Waals surface area contributed by atoms with Crippen molar-refractivity contribution in [2.24, 2.45) is 5.92 Å². The smallest absolute Gasteiger partial charge is 0.0935 e. The van der Waals surface area contributed by atoms with Crippen molar-refractivity contribution in [2.75, 3.05) is 7.05 Å². The first-order chi connectivity index (χ1) is 10.4. The summed E-state index contributed by atoms with van der Waals surface area (Å²) >= 11 is 1.82. The Balaban J connectivity index is 1.71. The molecular formula is C18H24N2S. The molecule has 3 rings (SSSR count). The molecule has 0 aliphatic heterocycles. The summed E-state index contributed by atoms with van der Waals surface area (Å²) in [6.45, 7) is 0. The minimum Gasteiger partial charge on any atom is -0.317 e. The molecule has 2 atom stereocenters. The highest BCUT2D eigenvalue weighted by atomic mass is 32.1. The highest BCUT2D eigenvalue weighted by Gasteiger charge is 2.23. The molecule has 1 aliphatic rings. The van der Waals surface area contributed by atoms with Gasteiger partial charge in [-0.15, -0.1) is 11.3 Å². The van der Waals surface area contributed by atoms with Gasteiger partial charge in [0.05, 0.1) is 10.7 Å². The van der Waals surface area contributed by atoms with E-state index in [0.717, 1.165) is 18.0 Å². The third-order valence-corrected chi connectivity index (χ3v) is 5.46. The second-order valence-corrected chi connectivity index (χ2v) is 6.93. The number of nitrogens with zero attached hydrogens (tertiary/aromatic N) is 1. The second kappa shape index (κ2) is 7.19. The molecular weight excluding hydrogens is 276 g/mol. The van der Waals surface area contributed by atoms with Crippen molar-refractivity contribution in [3.63, 3.8) is 0 Å². The molecule has 3 heteroatoms. The Kier molecular flexibility index (Phi) is 5.04. The molecule has 0 spiro atoms. The Bertz CT molecular complexity index is 549. The molecule has 112 valence electrons. The Morgan fingerprint density at radius 2 is 1.95 bits per heavy atom. The van der Waals surface area contributed by atoms with Crippen LogP contribution >= 0.6 is 11.3 Å². The molecule has 0 saturated heterocycles. The summed E-state index contributed by atoms with van der Waals surface area (Å²) in [5.41, 5.74) is 2.36. The van der Waals surface area contributed by atoms with Crippen LogP contribution in [0.15, 0.2) is 35.7 Å². The standard InChI is InChI=1S/C18H24N2S/c1-19-16-11-7-3-6-10-15(16)12-18-20-17(13-21-18)14-8-4-2-5-9-14/h2,4-5,8-9,13,15-16,19H,3,6-7,10-12H2,1H3. The van der Waals surface area contributed by atoms with Gasteiger partial charge in [0.2, 0.25) is 0 Å². The van der Waals surface area contributed by atoms with Gasteiger partial charge in [0.25, 0.3) is 0 Å². The predicted octanol–water partition coefficient (Wildman–Crippen LogP) is 4.52. The van der Waals surface area contributed by atoms with Crippen molar-refractivity contribution < 1.29 is 0 Å². The highest BCUT2D eigenvalue weighted by Crippen LogP contribution is 2.29. The molecule has 2 unspecified atom stereocenters. The zero-order chi connectivity index (χ0) is 14.5. The molecule has 1 aliphatic carbocycles. The van der Waals surface area contributed by atoms with Crippen LogP contribution in [0.3, 0.4) is 0 Å². The maximum Gasteiger partial charge on any atom is 0.0935 e. The Hall–Kier alpha value is -1.19. The lowest BCUT2D eigenvalue weighted by Gasteiger charge is -2.23. The van der Waals surface area contributed by atoms with Gasteiger partial charge in [-0.2, -0.15) is 0 Å². The molecule has 2 aromatic rings. The van der Waals surface area contributed by atoms with E-state index in [1.54, 1.807) is 0 Å². The van der Waals surface area contributed by atoms with Gasteiger partial charge in [-0.3, -0.25) is 0 Å². The van der Waals surface area contributed by atoms with Crippen LogP contribution in [-0.2, 0) is 6.42 Å². The fourth-order valence-electron chi connectivity index (χ4n) is 3.38. The summed E-state index contributed by atoms with van der Waals surface area (Å²) in [6.07, 6.45) is 7.92. The van der Waals surface area contributed by atoms with Crippen LogP contribution in [0.2, 0.25) is 0 Å². The number of aromatic nitrogens is 1. The van der Waals surface area contributed by atoms with Gasteiger partial charge in [-0.25, -0.2) is 4.98 Å². The number of nitrogens with one attached hydrogen (secondary N) is 1. The summed E-state index contributed by atoms with van der Waals surface area (Å²) in [5.74, 6) is 0.743. The zero-order valence-corrected chi connectivity index (χ0v) is 13.5. The summed E-state index contributed by atoms with van der Waals surface area (Å²) in [4.78, 5) is 4.86. The van der Waals surface area contributed by atoms with Gasteiger partial charge in [-0.1, -0.05) is 49.6 Å². The Labute approximate surface area is 131 Å². The third-order valence-electron chi connectivity index (χ3n) is 4.59. The molecule has 1 aromatic heterocycles. The van der Waals surface area contributed by atoms with Gasteiger partial charge in [0.1, 0.15) is 0 Å². The van der Waals surface area contributed by atoms with Crippen LogP contribution in [-0.4, -0.2) is 18.1 Å². The number of rotatable bonds is 4. The van der Waals surface area contributed by atoms with Gasteiger partial charge < -0.3 is 5.32 Å². The molecule has 1 aromatic carbocycles. The lowest BCUT2D eigenvalue weighted by Crippen LogP contribution is -2.33. The average molecular weight is 300 g/mol. The first kappa shape index (κ1) is 14.7. The Morgan fingerprint density at radius 1 is 1.14 bits per heavy atom. The van der Waals surface area contributed by atoms with Gasteiger partial charge in [-0.05, 0) is 25.8 Å². The quantitative estimate of drug-likeness (QED) is 0.840. The monoisotopic (exact) mass is 300 g/mol. The lowest BCUT2D eigenvalue weighted by atomic mass is 9.92. The molecule has 1 N–H and O–H groups in total. The molecule has 1 heterocycles. The number of hydrogen-bond acceptors (Lipinski definition) is 3. The van der Waals surface area contributed by atoms with Crippen molar-refractivity contribution in [1.29, 1.82) is 0 Å². The Morgan fingerprint density at radius 3 is 2.76 bits per heavy atom. The maximum atomic E-state index is 4.86. The summed E-state index contributed by atoms with van der Waals surface area (Å²) in [6, 6.07) is 11.2. The highest BCUT2D eigenvalue weighted by molar-refractivity contribution is 7.09. The largest absolute Gasteiger partial charge is 0.317 e. The van der Waals surface area contributed by atoms with Crippen LogP contribution < -0.4 is 5.32 Å². The van der Waals surface area contributed by atoms with E-state index in [2.05, 4.69) is 48.1 Å². The number of thiazole rings is 1. The topological polar surface area (TPSA) is 24.9 Å². The van der Waals surface area contributed by atoms with Crippen molar-refractivity contribution in [3.05, 3.63) is 40.7 Å². The van der Waals surface area contributed by atoms with E-state index >= 15 is 0 Å². The van der Waals surface area contributed by atoms with Crippen molar-refractivity contribution in [3.8, 4) is 11.3 Å². The first-order valence-corrected chi connectivity index (χ1v) is 8.92. The van der Waals surface area contributed by atoms with Crippen molar-refractivity contribution >= 4 is 11.3 Å². The number of hydrogen-bond donors (Lipinski definition) is 1. The maximum absolute atomic E-state index is 4.86. The van der Waals surface area contributed by atoms with E-state index in [1.807, 2.05) is 11.3 Å². The van der Waals surface area contributed by atoms with Crippen LogP contribution in [0.1, 0.15) is 37.1 Å². The fourth-order valence-corrected chi connectivity index (χ4v) is 4.28. The van der Waals surface area contributed by atoms with Gasteiger partial charge in [0, 0.05) is 23.4 Å². The summed E-state index contributed by atoms with van der Waals surface area (Å²) < 4.78 is 0. The van der Waals surface area contributed by atoms with E-state index in [1.165, 1.54) is 42.7 Å². The second-order valence-electron chi connectivity index (χ2n) is 5.99. The van der Waals surface area contributed by atoms with Crippen molar-refractivity contribution in [2.45, 2.75) is 44.6 Å². The predicted molar refractivity (Wildman–Crippen MR) is 90.7 cm³/mol. The normalized spacial score (nSPS) is 22.9. The molecule has 0 radical (unpaired) electrons. The van der Waals surface area contributed by atoms with E-state index in [-0.39, 0.29) is 0 Å². The number of benzene rings is 1. The van der Waals surface area contributed by atoms with E-state index < -0.39 is 0 Å². The van der Waals surface area contributed by atoms with Gasteiger partial charge >= 0.3 is 0 Å². The summed E-state index contributed by atoms with van der Waals surface area (Å²) in [5, 5.41) is 7.03. The molecule has 1 saturated carbocycles. The van der Waals surface area contributed by atoms with Crippen LogP contribution in [0.25, 0.3) is 11.3 Å². The molecule has 0 amide bonds. The minimum absolute atomic E-state index is 0.663. The molecule has 1 fully saturated rings. The zero-order valence-electron chi connectivity index (χ0n) is 12.7. The molecule has 0 bridgehead atoms. The van der Waals surface area contributed by atoms with E-state index in [0.29, 0.717) is 6.04 Å². The summed E-state index contributed by atoms with van der Waals surface area (Å²) in [7, 11) is 2.11. The van der Waals surface area contributed by atoms with E-state index in [9.17, 15) is 0 Å². The van der Waals surface area contributed by atoms with Crippen LogP contribution in [0, 0.1) is 5.92 Å². The third kappa shape index (κ3) is 3.72. The molecule has 21 heavy (non-hydrogen) atoms. The molecule has 2 nitrogen and oxygen atoms in total. The van der Waals surface area contributed by atoms with Gasteiger partial charge in [0.15, 0.2) is 0 Å². The van der Waals surface area contributed by atoms with Crippen LogP contribution in [0.5, 0.6) is 0 Å². The minimum atomic E-state index is 0.663. The SMILES string of the molecule is CNC1CCCCCC1Cc1nc(-c2ccccc2)cs1. The fraction of sp³-hybridized carbons (Fsp3) is 0.500. The van der Waals surface area contributed by atoms with Crippen LogP contribution in [0.4, 0.5) is 0 Å². The van der Waals surface area contributed by atoms with E-state index in [4.69, 9.17) is 4.98 Å². The van der Waals surface area contributed by atoms with Crippen molar-refractivity contribution in [1.82, 2.24) is 10.3 Å². The first-order valence-electron chi connectivity index (χ1n) is 8.04. The lowest BCUT2D eigenvalue weighted by molar-refractivity contribution is 0.350.